The highest BCUT2D eigenvalue weighted by molar-refractivity contribution is 5.89. The van der Waals surface area contributed by atoms with Gasteiger partial charge in [0.25, 0.3) is 5.56 Å². The maximum Gasteiger partial charge on any atom is 0.251 e. The molecule has 0 aliphatic heterocycles. The topological polar surface area (TPSA) is 64.0 Å². The van der Waals surface area contributed by atoms with Crippen LogP contribution >= 0.6 is 0 Å². The van der Waals surface area contributed by atoms with Gasteiger partial charge in [-0.05, 0) is 25.1 Å². The van der Waals surface area contributed by atoms with E-state index in [2.05, 4.69) is 10.3 Å². The number of carbonyl (C=O) groups excluding carboxylic acids is 1. The smallest absolute Gasteiger partial charge is 0.251 e. The number of nitrogens with zero attached hydrogens (tertiary/aromatic N) is 2. The van der Waals surface area contributed by atoms with Crippen molar-refractivity contribution >= 4 is 11.7 Å². The molecule has 0 unspecified atom stereocenters. The van der Waals surface area contributed by atoms with Crippen LogP contribution in [-0.2, 0) is 11.3 Å². The first-order valence-electron chi connectivity index (χ1n) is 5.54. The molecule has 1 amide bonds. The van der Waals surface area contributed by atoms with E-state index in [0.29, 0.717) is 5.82 Å². The van der Waals surface area contributed by atoms with Crippen LogP contribution in [-0.4, -0.2) is 15.5 Å². The van der Waals surface area contributed by atoms with Crippen LogP contribution in [0.1, 0.15) is 5.69 Å². The first-order valence-corrected chi connectivity index (χ1v) is 5.54. The van der Waals surface area contributed by atoms with Crippen molar-refractivity contribution in [1.82, 2.24) is 9.55 Å². The number of rotatable bonds is 3. The van der Waals surface area contributed by atoms with Gasteiger partial charge < -0.3 is 9.88 Å². The number of hydrogen-bond donors (Lipinski definition) is 1. The molecule has 0 radical (unpaired) electrons. The predicted molar refractivity (Wildman–Crippen MR) is 68.3 cm³/mol. The Morgan fingerprint density at radius 2 is 2.11 bits per heavy atom. The Morgan fingerprint density at radius 1 is 1.28 bits per heavy atom. The van der Waals surface area contributed by atoms with Gasteiger partial charge in [0.1, 0.15) is 12.4 Å². The number of hydrogen-bond acceptors (Lipinski definition) is 3. The number of nitrogens with one attached hydrogen (secondary N) is 1. The first kappa shape index (κ1) is 12.0. The minimum Gasteiger partial charge on any atom is -0.309 e. The lowest BCUT2D eigenvalue weighted by Crippen LogP contribution is -2.28. The maximum absolute atomic E-state index is 11.8. The molecule has 0 spiro atoms. The Bertz CT molecular complexity index is 605. The molecule has 5 nitrogen and oxygen atoms in total. The standard InChI is InChI=1S/C13H13N3O2/c1-10-5-4-7-13(18)16(10)9-12(17)15-11-6-2-3-8-14-11/h2-8H,9H2,1H3,(H,14,15,17). The van der Waals surface area contributed by atoms with E-state index in [0.717, 1.165) is 5.69 Å². The second kappa shape index (κ2) is 5.27. The molecule has 2 heterocycles. The van der Waals surface area contributed by atoms with Gasteiger partial charge in [0, 0.05) is 18.0 Å². The first-order chi connectivity index (χ1) is 8.66. The summed E-state index contributed by atoms with van der Waals surface area (Å²) in [5.74, 6) is 0.203. The van der Waals surface area contributed by atoms with E-state index < -0.39 is 0 Å². The van der Waals surface area contributed by atoms with Crippen molar-refractivity contribution in [3.63, 3.8) is 0 Å². The van der Waals surface area contributed by atoms with Crippen LogP contribution in [0.3, 0.4) is 0 Å². The molecule has 2 aromatic heterocycles. The van der Waals surface area contributed by atoms with Crippen molar-refractivity contribution < 1.29 is 4.79 Å². The number of amides is 1. The monoisotopic (exact) mass is 243 g/mol. The molecule has 5 heteroatoms. The van der Waals surface area contributed by atoms with Crippen LogP contribution in [0.5, 0.6) is 0 Å². The summed E-state index contributed by atoms with van der Waals surface area (Å²) < 4.78 is 1.41. The number of aromatic nitrogens is 2. The van der Waals surface area contributed by atoms with Crippen molar-refractivity contribution in [2.24, 2.45) is 0 Å². The molecule has 0 bridgehead atoms. The van der Waals surface area contributed by atoms with Gasteiger partial charge in [-0.3, -0.25) is 9.59 Å². The molecule has 0 atom stereocenters. The highest BCUT2D eigenvalue weighted by Crippen LogP contribution is 2.00. The predicted octanol–water partition coefficient (Wildman–Crippen LogP) is 1.19. The molecular weight excluding hydrogens is 230 g/mol. The molecule has 0 fully saturated rings. The quantitative estimate of drug-likeness (QED) is 0.880. The van der Waals surface area contributed by atoms with E-state index >= 15 is 0 Å². The van der Waals surface area contributed by atoms with Crippen LogP contribution < -0.4 is 10.9 Å². The average molecular weight is 243 g/mol. The van der Waals surface area contributed by atoms with E-state index in [1.54, 1.807) is 43.5 Å². The Morgan fingerprint density at radius 3 is 2.78 bits per heavy atom. The Balaban J connectivity index is 2.11. The van der Waals surface area contributed by atoms with Gasteiger partial charge >= 0.3 is 0 Å². The third-order valence-electron chi connectivity index (χ3n) is 2.50. The number of pyridine rings is 2. The Hall–Kier alpha value is -2.43. The summed E-state index contributed by atoms with van der Waals surface area (Å²) in [6.07, 6.45) is 1.59. The maximum atomic E-state index is 11.8. The van der Waals surface area contributed by atoms with E-state index in [1.807, 2.05) is 0 Å². The minimum absolute atomic E-state index is 0.0118. The zero-order valence-corrected chi connectivity index (χ0v) is 9.96. The molecular formula is C13H13N3O2. The van der Waals surface area contributed by atoms with Crippen LogP contribution in [0.25, 0.3) is 0 Å². The summed E-state index contributed by atoms with van der Waals surface area (Å²) in [5, 5.41) is 2.64. The van der Waals surface area contributed by atoms with Gasteiger partial charge in [-0.15, -0.1) is 0 Å². The summed E-state index contributed by atoms with van der Waals surface area (Å²) >= 11 is 0. The summed E-state index contributed by atoms with van der Waals surface area (Å²) in [6.45, 7) is 1.78. The third-order valence-corrected chi connectivity index (χ3v) is 2.50. The minimum atomic E-state index is -0.273. The Kier molecular flexibility index (Phi) is 3.52. The van der Waals surface area contributed by atoms with Gasteiger partial charge in [0.15, 0.2) is 0 Å². The second-order valence-corrected chi connectivity index (χ2v) is 3.85. The zero-order chi connectivity index (χ0) is 13.0. The molecule has 2 aromatic rings. The van der Waals surface area contributed by atoms with Crippen LogP contribution in [0.4, 0.5) is 5.82 Å². The van der Waals surface area contributed by atoms with Crippen molar-refractivity contribution in [3.8, 4) is 0 Å². The number of anilines is 1. The molecule has 0 aliphatic carbocycles. The molecule has 18 heavy (non-hydrogen) atoms. The molecule has 0 aromatic carbocycles. The summed E-state index contributed by atoms with van der Waals surface area (Å²) in [6, 6.07) is 10.1. The van der Waals surface area contributed by atoms with Gasteiger partial charge in [0.2, 0.25) is 5.91 Å². The fraction of sp³-hybridized carbons (Fsp3) is 0.154. The average Bonchev–Trinajstić information content (AvgIpc) is 2.35. The van der Waals surface area contributed by atoms with Gasteiger partial charge in [-0.1, -0.05) is 12.1 Å². The zero-order valence-electron chi connectivity index (χ0n) is 9.96. The van der Waals surface area contributed by atoms with Crippen molar-refractivity contribution in [3.05, 3.63) is 58.6 Å². The van der Waals surface area contributed by atoms with E-state index in [9.17, 15) is 9.59 Å². The lowest BCUT2D eigenvalue weighted by molar-refractivity contribution is -0.116. The third kappa shape index (κ3) is 2.82. The van der Waals surface area contributed by atoms with Gasteiger partial charge in [0.05, 0.1) is 0 Å². The van der Waals surface area contributed by atoms with Crippen LogP contribution in [0.2, 0.25) is 0 Å². The fourth-order valence-corrected chi connectivity index (χ4v) is 1.59. The summed E-state index contributed by atoms with van der Waals surface area (Å²) in [5.41, 5.74) is 0.560. The van der Waals surface area contributed by atoms with E-state index in [4.69, 9.17) is 0 Å². The van der Waals surface area contributed by atoms with Crippen molar-refractivity contribution in [1.29, 1.82) is 0 Å². The van der Waals surface area contributed by atoms with Crippen molar-refractivity contribution in [2.75, 3.05) is 5.32 Å². The van der Waals surface area contributed by atoms with E-state index in [-0.39, 0.29) is 18.0 Å². The van der Waals surface area contributed by atoms with Crippen LogP contribution in [0, 0.1) is 6.92 Å². The second-order valence-electron chi connectivity index (χ2n) is 3.85. The van der Waals surface area contributed by atoms with Crippen LogP contribution in [0.15, 0.2) is 47.4 Å². The molecule has 1 N–H and O–H groups in total. The van der Waals surface area contributed by atoms with Gasteiger partial charge in [-0.25, -0.2) is 4.98 Å². The molecule has 2 rings (SSSR count). The summed E-state index contributed by atoms with van der Waals surface area (Å²) in [7, 11) is 0. The lowest BCUT2D eigenvalue weighted by Gasteiger charge is -2.09. The van der Waals surface area contributed by atoms with Crippen molar-refractivity contribution in [2.45, 2.75) is 13.5 Å². The SMILES string of the molecule is Cc1cccc(=O)n1CC(=O)Nc1ccccn1. The largest absolute Gasteiger partial charge is 0.309 e. The normalized spacial score (nSPS) is 10.1. The highest BCUT2D eigenvalue weighted by Gasteiger charge is 2.06. The van der Waals surface area contributed by atoms with Gasteiger partial charge in [-0.2, -0.15) is 0 Å². The number of carbonyl (C=O) groups is 1. The highest BCUT2D eigenvalue weighted by atomic mass is 16.2. The summed E-state index contributed by atoms with van der Waals surface area (Å²) in [4.78, 5) is 27.4. The Labute approximate surface area is 104 Å². The lowest BCUT2D eigenvalue weighted by atomic mass is 10.3. The fourth-order valence-electron chi connectivity index (χ4n) is 1.59. The number of aryl methyl sites for hydroxylation is 1. The molecule has 92 valence electrons. The molecule has 0 saturated heterocycles. The van der Waals surface area contributed by atoms with E-state index in [1.165, 1.54) is 10.6 Å². The molecule has 0 aliphatic rings. The molecule has 0 saturated carbocycles.